The van der Waals surface area contributed by atoms with Crippen LogP contribution in [-0.2, 0) is 14.8 Å². The molecule has 0 aromatic heterocycles. The van der Waals surface area contributed by atoms with Gasteiger partial charge in [-0.2, -0.15) is 5.26 Å². The molecule has 1 aliphatic carbocycles. The van der Waals surface area contributed by atoms with E-state index in [4.69, 9.17) is 10.9 Å². The summed E-state index contributed by atoms with van der Waals surface area (Å²) >= 11 is 0. The molecule has 2 aromatic carbocycles. The third kappa shape index (κ3) is 5.82. The van der Waals surface area contributed by atoms with Crippen LogP contribution in [0.15, 0.2) is 77.0 Å². The van der Waals surface area contributed by atoms with Crippen molar-refractivity contribution < 1.29 is 18.4 Å². The van der Waals surface area contributed by atoms with Gasteiger partial charge in [-0.25, -0.2) is 12.7 Å². The third-order valence-electron chi connectivity index (χ3n) is 6.10. The predicted molar refractivity (Wildman–Crippen MR) is 140 cm³/mol. The zero-order chi connectivity index (χ0) is 26.5. The summed E-state index contributed by atoms with van der Waals surface area (Å²) in [5.41, 5.74) is 10.7. The van der Waals surface area contributed by atoms with Gasteiger partial charge in [-0.05, 0) is 60.4 Å². The van der Waals surface area contributed by atoms with E-state index in [1.807, 2.05) is 24.3 Å². The zero-order valence-electron chi connectivity index (χ0n) is 20.3. The SMILES string of the molecule is CCN(C(=O)[C@H](CC1=C(C)C(N)C(=NO)C=C1)Nc1ccc(-c2ccccc2C#N)cc1)S(C)(=O)=O. The summed E-state index contributed by atoms with van der Waals surface area (Å²) in [5.74, 6) is -0.595. The van der Waals surface area contributed by atoms with Crippen molar-refractivity contribution in [2.24, 2.45) is 10.9 Å². The van der Waals surface area contributed by atoms with Gasteiger partial charge in [-0.3, -0.25) is 4.79 Å². The number of nitrogens with zero attached hydrogens (tertiary/aromatic N) is 3. The van der Waals surface area contributed by atoms with Gasteiger partial charge in [-0.15, -0.1) is 0 Å². The van der Waals surface area contributed by atoms with E-state index in [2.05, 4.69) is 16.5 Å². The van der Waals surface area contributed by atoms with Crippen LogP contribution in [-0.4, -0.2) is 54.4 Å². The molecule has 188 valence electrons. The maximum atomic E-state index is 13.4. The summed E-state index contributed by atoms with van der Waals surface area (Å²) in [6, 6.07) is 15.1. The standard InChI is InChI=1S/C26H29N5O4S/c1-4-31(36(3,34)35)26(32)24(15-19-11-14-23(30-33)25(28)17(19)2)29-21-12-9-18(10-13-21)22-8-6-5-7-20(22)16-27/h5-14,24-25,29,33H,4,15,28H2,1-3H3/t24-,25?/m0/s1. The zero-order valence-corrected chi connectivity index (χ0v) is 21.2. The van der Waals surface area contributed by atoms with Gasteiger partial charge in [0.25, 0.3) is 5.91 Å². The van der Waals surface area contributed by atoms with E-state index in [9.17, 15) is 18.5 Å². The quantitative estimate of drug-likeness (QED) is 0.367. The highest BCUT2D eigenvalue weighted by Crippen LogP contribution is 2.27. The number of hydrogen-bond donors (Lipinski definition) is 3. The number of nitrogens with one attached hydrogen (secondary N) is 1. The fraction of sp³-hybridized carbons (Fsp3) is 0.269. The van der Waals surface area contributed by atoms with Crippen LogP contribution in [0.2, 0.25) is 0 Å². The number of likely N-dealkylation sites (N-methyl/N-ethyl adjacent to an activating group) is 1. The monoisotopic (exact) mass is 507 g/mol. The molecule has 2 aromatic rings. The number of rotatable bonds is 8. The number of nitrogens with two attached hydrogens (primary N) is 1. The number of allylic oxidation sites excluding steroid dienone is 1. The first kappa shape index (κ1) is 26.7. The molecule has 0 spiro atoms. The van der Waals surface area contributed by atoms with Crippen LogP contribution < -0.4 is 11.1 Å². The molecule has 0 radical (unpaired) electrons. The lowest BCUT2D eigenvalue weighted by atomic mass is 9.89. The number of amides is 1. The Morgan fingerprint density at radius 1 is 1.22 bits per heavy atom. The Balaban J connectivity index is 1.94. The summed E-state index contributed by atoms with van der Waals surface area (Å²) < 4.78 is 25.4. The maximum Gasteiger partial charge on any atom is 0.258 e. The number of sulfonamides is 1. The van der Waals surface area contributed by atoms with Gasteiger partial charge in [-0.1, -0.05) is 41.6 Å². The average molecular weight is 508 g/mol. The molecule has 0 aliphatic heterocycles. The number of benzene rings is 2. The topological polar surface area (TPSA) is 149 Å². The van der Waals surface area contributed by atoms with Crippen LogP contribution in [0.25, 0.3) is 11.1 Å². The number of carbonyl (C=O) groups is 1. The van der Waals surface area contributed by atoms with Crippen molar-refractivity contribution in [1.82, 2.24) is 4.31 Å². The average Bonchev–Trinajstić information content (AvgIpc) is 2.86. The van der Waals surface area contributed by atoms with E-state index in [0.29, 0.717) is 17.0 Å². The molecule has 0 bridgehead atoms. The van der Waals surface area contributed by atoms with Gasteiger partial charge in [0.05, 0.1) is 23.9 Å². The highest BCUT2D eigenvalue weighted by atomic mass is 32.2. The lowest BCUT2D eigenvalue weighted by Crippen LogP contribution is -2.46. The second-order valence-corrected chi connectivity index (χ2v) is 10.4. The smallest absolute Gasteiger partial charge is 0.258 e. The van der Waals surface area contributed by atoms with E-state index >= 15 is 0 Å². The number of oxime groups is 1. The molecule has 2 atom stereocenters. The number of anilines is 1. The first-order chi connectivity index (χ1) is 17.1. The molecule has 10 heteroatoms. The maximum absolute atomic E-state index is 13.4. The third-order valence-corrected chi connectivity index (χ3v) is 7.34. The Hall–Kier alpha value is -3.94. The van der Waals surface area contributed by atoms with Gasteiger partial charge in [0, 0.05) is 18.7 Å². The van der Waals surface area contributed by atoms with E-state index in [-0.39, 0.29) is 13.0 Å². The minimum Gasteiger partial charge on any atom is -0.411 e. The van der Waals surface area contributed by atoms with Gasteiger partial charge < -0.3 is 16.3 Å². The summed E-state index contributed by atoms with van der Waals surface area (Å²) in [4.78, 5) is 13.4. The van der Waals surface area contributed by atoms with Crippen LogP contribution in [0.5, 0.6) is 0 Å². The van der Waals surface area contributed by atoms with Gasteiger partial charge >= 0.3 is 0 Å². The second kappa shape index (κ2) is 11.2. The summed E-state index contributed by atoms with van der Waals surface area (Å²) in [6.45, 7) is 3.38. The van der Waals surface area contributed by atoms with Crippen LogP contribution >= 0.6 is 0 Å². The molecule has 1 aliphatic rings. The summed E-state index contributed by atoms with van der Waals surface area (Å²) in [6.07, 6.45) is 4.45. The highest BCUT2D eigenvalue weighted by Gasteiger charge is 2.31. The molecule has 9 nitrogen and oxygen atoms in total. The van der Waals surface area contributed by atoms with E-state index in [1.54, 1.807) is 50.3 Å². The fourth-order valence-corrected chi connectivity index (χ4v) is 5.02. The van der Waals surface area contributed by atoms with Gasteiger partial charge in [0.15, 0.2) is 0 Å². The van der Waals surface area contributed by atoms with Crippen LogP contribution in [0.1, 0.15) is 25.8 Å². The molecular formula is C26H29N5O4S. The van der Waals surface area contributed by atoms with Gasteiger partial charge in [0.1, 0.15) is 11.8 Å². The van der Waals surface area contributed by atoms with Crippen molar-refractivity contribution in [3.05, 3.63) is 77.4 Å². The fourth-order valence-electron chi connectivity index (χ4n) is 4.09. The molecule has 36 heavy (non-hydrogen) atoms. The van der Waals surface area contributed by atoms with Crippen molar-refractivity contribution in [1.29, 1.82) is 5.26 Å². The van der Waals surface area contributed by atoms with Crippen molar-refractivity contribution in [2.75, 3.05) is 18.1 Å². The van der Waals surface area contributed by atoms with Crippen molar-refractivity contribution >= 4 is 27.3 Å². The van der Waals surface area contributed by atoms with Gasteiger partial charge in [0.2, 0.25) is 10.0 Å². The number of nitriles is 1. The van der Waals surface area contributed by atoms with Crippen molar-refractivity contribution in [2.45, 2.75) is 32.4 Å². The molecule has 4 N–H and O–H groups in total. The van der Waals surface area contributed by atoms with Crippen LogP contribution in [0.4, 0.5) is 5.69 Å². The van der Waals surface area contributed by atoms with E-state index < -0.39 is 28.0 Å². The van der Waals surface area contributed by atoms with Crippen molar-refractivity contribution in [3.8, 4) is 17.2 Å². The Kier molecular flexibility index (Phi) is 8.29. The lowest BCUT2D eigenvalue weighted by molar-refractivity contribution is -0.127. The molecule has 0 saturated heterocycles. The summed E-state index contributed by atoms with van der Waals surface area (Å²) in [5, 5.41) is 24.9. The highest BCUT2D eigenvalue weighted by molar-refractivity contribution is 7.88. The molecule has 1 amide bonds. The summed E-state index contributed by atoms with van der Waals surface area (Å²) in [7, 11) is -3.78. The Morgan fingerprint density at radius 2 is 1.89 bits per heavy atom. The molecule has 1 unspecified atom stereocenters. The minimum atomic E-state index is -3.78. The van der Waals surface area contributed by atoms with Crippen molar-refractivity contribution in [3.63, 3.8) is 0 Å². The minimum absolute atomic E-state index is 0.00553. The molecule has 0 fully saturated rings. The van der Waals surface area contributed by atoms with Crippen LogP contribution in [0, 0.1) is 11.3 Å². The van der Waals surface area contributed by atoms with Crippen LogP contribution in [0.3, 0.4) is 0 Å². The number of carbonyl (C=O) groups excluding carboxylic acids is 1. The first-order valence-electron chi connectivity index (χ1n) is 11.3. The second-order valence-electron chi connectivity index (χ2n) is 8.45. The predicted octanol–water partition coefficient (Wildman–Crippen LogP) is 3.25. The lowest BCUT2D eigenvalue weighted by Gasteiger charge is -2.28. The number of hydrogen-bond acceptors (Lipinski definition) is 8. The molecular weight excluding hydrogens is 478 g/mol. The molecule has 0 saturated carbocycles. The first-order valence-corrected chi connectivity index (χ1v) is 13.2. The van der Waals surface area contributed by atoms with E-state index in [1.165, 1.54) is 0 Å². The molecule has 3 rings (SSSR count). The Labute approximate surface area is 211 Å². The Bertz CT molecular complexity index is 1370. The normalized spacial score (nSPS) is 17.5. The Morgan fingerprint density at radius 3 is 2.47 bits per heavy atom. The molecule has 0 heterocycles. The largest absolute Gasteiger partial charge is 0.411 e. The van der Waals surface area contributed by atoms with E-state index in [0.717, 1.165) is 32.8 Å².